The number of carbonyl (C=O) groups is 2. The van der Waals surface area contributed by atoms with Gasteiger partial charge in [0.15, 0.2) is 10.8 Å². The van der Waals surface area contributed by atoms with E-state index in [1.807, 2.05) is 0 Å². The molecule has 0 spiro atoms. The molecule has 192 valence electrons. The maximum absolute atomic E-state index is 13.2. The molecular weight excluding hydrogens is 484 g/mol. The van der Waals surface area contributed by atoms with E-state index >= 15 is 0 Å². The number of fused-ring (bicyclic) bond motifs is 1. The number of likely N-dealkylation sites (N-methyl/N-ethyl adjacent to an activating group) is 1. The van der Waals surface area contributed by atoms with E-state index in [0.29, 0.717) is 36.2 Å². The van der Waals surface area contributed by atoms with E-state index in [2.05, 4.69) is 57.3 Å². The van der Waals surface area contributed by atoms with E-state index in [4.69, 9.17) is 9.26 Å². The zero-order valence-corrected chi connectivity index (χ0v) is 23.0. The quantitative estimate of drug-likeness (QED) is 0.533. The molecule has 0 bridgehead atoms. The Kier molecular flexibility index (Phi) is 7.91. The van der Waals surface area contributed by atoms with Crippen LogP contribution in [0.2, 0.25) is 25.7 Å². The molecule has 0 unspecified atom stereocenters. The summed E-state index contributed by atoms with van der Waals surface area (Å²) in [5.74, 6) is 0.967. The van der Waals surface area contributed by atoms with Crippen LogP contribution in [0.1, 0.15) is 57.3 Å². The number of hydrogen-bond donors (Lipinski definition) is 2. The maximum atomic E-state index is 13.2. The van der Waals surface area contributed by atoms with Crippen molar-refractivity contribution in [2.45, 2.75) is 82.8 Å². The molecule has 1 aliphatic carbocycles. The number of hydrogen-bond acceptors (Lipinski definition) is 9. The van der Waals surface area contributed by atoms with Crippen LogP contribution in [0.3, 0.4) is 0 Å². The fraction of sp³-hybridized carbons (Fsp3) is 0.696. The molecule has 1 aliphatic heterocycles. The molecule has 1 fully saturated rings. The number of ether oxygens (including phenoxy) is 1. The summed E-state index contributed by atoms with van der Waals surface area (Å²) in [6, 6.07) is 0.356. The van der Waals surface area contributed by atoms with Gasteiger partial charge in [0.1, 0.15) is 0 Å². The lowest BCUT2D eigenvalue weighted by Gasteiger charge is -2.35. The van der Waals surface area contributed by atoms with Gasteiger partial charge in [-0.25, -0.2) is 9.78 Å². The number of carbonyl (C=O) groups excluding carboxylic acids is 2. The highest BCUT2D eigenvalue weighted by Gasteiger charge is 2.36. The lowest BCUT2D eigenvalue weighted by molar-refractivity contribution is 0.0897. The van der Waals surface area contributed by atoms with Crippen molar-refractivity contribution < 1.29 is 18.8 Å². The number of aryl methyl sites for hydroxylation is 1. The molecule has 2 amide bonds. The molecule has 0 saturated heterocycles. The number of thiazole rings is 1. The molecule has 12 heteroatoms. The van der Waals surface area contributed by atoms with Crippen molar-refractivity contribution in [2.24, 2.45) is 0 Å². The third-order valence-corrected chi connectivity index (χ3v) is 9.35. The van der Waals surface area contributed by atoms with Crippen LogP contribution in [0.15, 0.2) is 4.52 Å². The van der Waals surface area contributed by atoms with Gasteiger partial charge in [-0.1, -0.05) is 24.8 Å². The maximum Gasteiger partial charge on any atom is 0.407 e. The summed E-state index contributed by atoms with van der Waals surface area (Å²) >= 11 is 1.45. The van der Waals surface area contributed by atoms with Crippen molar-refractivity contribution in [3.05, 3.63) is 27.3 Å². The monoisotopic (exact) mass is 520 g/mol. The number of alkyl carbamates (subject to hydrolysis) is 1. The second kappa shape index (κ2) is 10.7. The molecule has 2 aliphatic rings. The smallest absolute Gasteiger partial charge is 0.407 e. The van der Waals surface area contributed by atoms with Crippen LogP contribution < -0.4 is 10.6 Å². The first-order valence-electron chi connectivity index (χ1n) is 12.3. The number of rotatable bonds is 7. The highest BCUT2D eigenvalue weighted by atomic mass is 32.1. The van der Waals surface area contributed by atoms with E-state index in [-0.39, 0.29) is 23.9 Å². The van der Waals surface area contributed by atoms with Crippen LogP contribution in [0, 0.1) is 6.92 Å². The Hall–Kier alpha value is -2.31. The largest absolute Gasteiger partial charge is 0.450 e. The van der Waals surface area contributed by atoms with E-state index in [1.54, 1.807) is 6.92 Å². The Morgan fingerprint density at radius 1 is 1.20 bits per heavy atom. The Morgan fingerprint density at radius 2 is 2.00 bits per heavy atom. The minimum absolute atomic E-state index is 0.0145. The first kappa shape index (κ1) is 25.8. The predicted molar refractivity (Wildman–Crippen MR) is 135 cm³/mol. The minimum atomic E-state index is -1.30. The molecule has 3 heterocycles. The van der Waals surface area contributed by atoms with Crippen LogP contribution in [0.4, 0.5) is 4.79 Å². The van der Waals surface area contributed by atoms with E-state index in [9.17, 15) is 9.59 Å². The topological polar surface area (TPSA) is 122 Å². The van der Waals surface area contributed by atoms with Gasteiger partial charge in [0.25, 0.3) is 5.91 Å². The van der Waals surface area contributed by atoms with Crippen molar-refractivity contribution >= 4 is 31.4 Å². The summed E-state index contributed by atoms with van der Waals surface area (Å²) in [7, 11) is 0.775. The highest BCUT2D eigenvalue weighted by Crippen LogP contribution is 2.33. The standard InChI is InChI=1S/C23H36N6O4SSi/c1-14-24-21(33-28-14)15-6-7-16(27-23(31)32-10-11-35(3,4)5)18(12-15)25-20(30)22-26-17-8-9-29(2)13-19(17)34-22/h15-16,18H,6-13H2,1-5H3,(H,25,30)(H,27,31)/t15-,16-,18-/m0/s1. The summed E-state index contributed by atoms with van der Waals surface area (Å²) in [5, 5.41) is 10.5. The van der Waals surface area contributed by atoms with Gasteiger partial charge in [-0.2, -0.15) is 4.98 Å². The molecular formula is C23H36N6O4SSi. The average molecular weight is 521 g/mol. The normalized spacial score (nSPS) is 22.9. The summed E-state index contributed by atoms with van der Waals surface area (Å²) in [4.78, 5) is 38.1. The van der Waals surface area contributed by atoms with Gasteiger partial charge < -0.3 is 24.8 Å². The van der Waals surface area contributed by atoms with Gasteiger partial charge in [0.2, 0.25) is 5.89 Å². The Morgan fingerprint density at radius 3 is 2.71 bits per heavy atom. The van der Waals surface area contributed by atoms with E-state index < -0.39 is 14.2 Å². The third-order valence-electron chi connectivity index (χ3n) is 6.56. The number of aromatic nitrogens is 3. The van der Waals surface area contributed by atoms with Crippen LogP contribution in [-0.4, -0.2) is 72.4 Å². The van der Waals surface area contributed by atoms with Gasteiger partial charge in [-0.3, -0.25) is 4.79 Å². The van der Waals surface area contributed by atoms with Gasteiger partial charge in [-0.05, 0) is 39.3 Å². The summed E-state index contributed by atoms with van der Waals surface area (Å²) in [6.45, 7) is 10.7. The minimum Gasteiger partial charge on any atom is -0.450 e. The Bertz CT molecular complexity index is 1050. The lowest BCUT2D eigenvalue weighted by atomic mass is 9.82. The van der Waals surface area contributed by atoms with Gasteiger partial charge >= 0.3 is 6.09 Å². The Labute approximate surface area is 211 Å². The van der Waals surface area contributed by atoms with Crippen LogP contribution in [-0.2, 0) is 17.7 Å². The number of nitrogens with one attached hydrogen (secondary N) is 2. The zero-order valence-electron chi connectivity index (χ0n) is 21.2. The molecule has 0 aromatic carbocycles. The molecule has 1 saturated carbocycles. The fourth-order valence-corrected chi connectivity index (χ4v) is 6.31. The Balaban J connectivity index is 1.43. The third kappa shape index (κ3) is 6.89. The molecule has 10 nitrogen and oxygen atoms in total. The average Bonchev–Trinajstić information content (AvgIpc) is 3.40. The van der Waals surface area contributed by atoms with Crippen molar-refractivity contribution in [1.29, 1.82) is 0 Å². The SMILES string of the molecule is Cc1noc([C@H]2CC[C@H](NC(=O)OCC[Si](C)(C)C)[C@@H](NC(=O)c3nc4c(s3)CN(C)CC4)C2)n1. The van der Waals surface area contributed by atoms with E-state index in [0.717, 1.165) is 42.5 Å². The molecule has 2 N–H and O–H groups in total. The van der Waals surface area contributed by atoms with E-state index in [1.165, 1.54) is 11.3 Å². The van der Waals surface area contributed by atoms with Gasteiger partial charge in [0, 0.05) is 38.4 Å². The van der Waals surface area contributed by atoms with Crippen molar-refractivity contribution in [3.63, 3.8) is 0 Å². The summed E-state index contributed by atoms with van der Waals surface area (Å²) < 4.78 is 10.9. The first-order valence-corrected chi connectivity index (χ1v) is 16.8. The van der Waals surface area contributed by atoms with Crippen LogP contribution in [0.25, 0.3) is 0 Å². The lowest BCUT2D eigenvalue weighted by Crippen LogP contribution is -2.54. The fourth-order valence-electron chi connectivity index (χ4n) is 4.50. The second-order valence-corrected chi connectivity index (χ2v) is 17.5. The molecule has 3 atom stereocenters. The zero-order chi connectivity index (χ0) is 25.2. The molecule has 35 heavy (non-hydrogen) atoms. The second-order valence-electron chi connectivity index (χ2n) is 10.8. The number of nitrogens with zero attached hydrogens (tertiary/aromatic N) is 4. The van der Waals surface area contributed by atoms with Crippen molar-refractivity contribution in [3.8, 4) is 0 Å². The van der Waals surface area contributed by atoms with Gasteiger partial charge in [0.05, 0.1) is 24.4 Å². The molecule has 0 radical (unpaired) electrons. The summed E-state index contributed by atoms with van der Waals surface area (Å²) in [6.07, 6.45) is 2.43. The van der Waals surface area contributed by atoms with Crippen molar-refractivity contribution in [2.75, 3.05) is 20.2 Å². The van der Waals surface area contributed by atoms with Crippen molar-refractivity contribution in [1.82, 2.24) is 30.7 Å². The predicted octanol–water partition coefficient (Wildman–Crippen LogP) is 3.32. The molecule has 2 aromatic rings. The molecule has 2 aromatic heterocycles. The van der Waals surface area contributed by atoms with Crippen LogP contribution >= 0.6 is 11.3 Å². The molecule has 4 rings (SSSR count). The first-order chi connectivity index (χ1) is 16.6. The van der Waals surface area contributed by atoms with Crippen LogP contribution in [0.5, 0.6) is 0 Å². The highest BCUT2D eigenvalue weighted by molar-refractivity contribution is 7.13. The number of amides is 2. The summed E-state index contributed by atoms with van der Waals surface area (Å²) in [5.41, 5.74) is 1.02. The van der Waals surface area contributed by atoms with Gasteiger partial charge in [-0.15, -0.1) is 11.3 Å².